The van der Waals surface area contributed by atoms with Crippen LogP contribution in [0.4, 0.5) is 5.69 Å². The summed E-state index contributed by atoms with van der Waals surface area (Å²) in [7, 11) is 0. The molecule has 0 saturated heterocycles. The molecule has 1 unspecified atom stereocenters. The first kappa shape index (κ1) is 16.5. The number of rotatable bonds is 5. The van der Waals surface area contributed by atoms with E-state index < -0.39 is 6.10 Å². The second kappa shape index (κ2) is 7.97. The predicted octanol–water partition coefficient (Wildman–Crippen LogP) is 2.62. The quantitative estimate of drug-likeness (QED) is 0.657. The molecule has 1 heterocycles. The van der Waals surface area contributed by atoms with Gasteiger partial charge in [-0.3, -0.25) is 4.99 Å². The minimum Gasteiger partial charge on any atom is -0.391 e. The van der Waals surface area contributed by atoms with Crippen molar-refractivity contribution in [3.63, 3.8) is 0 Å². The van der Waals surface area contributed by atoms with Gasteiger partial charge in [0, 0.05) is 25.2 Å². The van der Waals surface area contributed by atoms with Crippen LogP contribution in [0.2, 0.25) is 0 Å². The van der Waals surface area contributed by atoms with Gasteiger partial charge in [-0.1, -0.05) is 48.5 Å². The van der Waals surface area contributed by atoms with E-state index in [4.69, 9.17) is 0 Å². The molecule has 0 bridgehead atoms. The molecule has 24 heavy (non-hydrogen) atoms. The second-order valence-electron chi connectivity index (χ2n) is 6.07. The monoisotopic (exact) mass is 323 g/mol. The number of nitrogens with zero attached hydrogens (tertiary/aromatic N) is 2. The lowest BCUT2D eigenvalue weighted by Crippen LogP contribution is -2.41. The maximum absolute atomic E-state index is 10.3. The van der Waals surface area contributed by atoms with Crippen molar-refractivity contribution in [2.45, 2.75) is 25.9 Å². The van der Waals surface area contributed by atoms with Crippen LogP contribution in [0.3, 0.4) is 0 Å². The van der Waals surface area contributed by atoms with Crippen molar-refractivity contribution in [3.8, 4) is 0 Å². The molecule has 1 aliphatic rings. The van der Waals surface area contributed by atoms with Gasteiger partial charge in [0.25, 0.3) is 0 Å². The van der Waals surface area contributed by atoms with Crippen molar-refractivity contribution in [2.24, 2.45) is 4.99 Å². The number of nitrogens with one attached hydrogen (secondary N) is 1. The number of guanidine groups is 1. The minimum atomic E-state index is -0.473. The smallest absolute Gasteiger partial charge is 0.198 e. The summed E-state index contributed by atoms with van der Waals surface area (Å²) in [5.74, 6) is 0.856. The number of benzene rings is 2. The van der Waals surface area contributed by atoms with Gasteiger partial charge in [0.15, 0.2) is 5.96 Å². The predicted molar refractivity (Wildman–Crippen MR) is 99.6 cm³/mol. The summed E-state index contributed by atoms with van der Waals surface area (Å²) >= 11 is 0. The molecule has 0 amide bonds. The Bertz CT molecular complexity index is 684. The highest BCUT2D eigenvalue weighted by Gasteiger charge is 2.22. The van der Waals surface area contributed by atoms with Crippen LogP contribution >= 0.6 is 0 Å². The second-order valence-corrected chi connectivity index (χ2v) is 6.07. The lowest BCUT2D eigenvalue weighted by Gasteiger charge is -2.22. The van der Waals surface area contributed by atoms with Crippen LogP contribution in [0.15, 0.2) is 59.6 Å². The fraction of sp³-hybridized carbons (Fsp3) is 0.350. The Morgan fingerprint density at radius 1 is 1.17 bits per heavy atom. The molecule has 0 aliphatic carbocycles. The number of fused-ring (bicyclic) bond motifs is 1. The number of para-hydroxylation sites is 1. The third-order valence-electron chi connectivity index (χ3n) is 4.24. The summed E-state index contributed by atoms with van der Waals surface area (Å²) in [6, 6.07) is 18.5. The molecule has 0 radical (unpaired) electrons. The molecule has 3 rings (SSSR count). The van der Waals surface area contributed by atoms with E-state index >= 15 is 0 Å². The molecule has 0 spiro atoms. The summed E-state index contributed by atoms with van der Waals surface area (Å²) in [4.78, 5) is 6.89. The lowest BCUT2D eigenvalue weighted by molar-refractivity contribution is 0.184. The maximum Gasteiger partial charge on any atom is 0.198 e. The molecule has 0 aromatic heterocycles. The van der Waals surface area contributed by atoms with Crippen LogP contribution in [0.5, 0.6) is 0 Å². The maximum atomic E-state index is 10.3. The van der Waals surface area contributed by atoms with Crippen molar-refractivity contribution < 1.29 is 5.11 Å². The van der Waals surface area contributed by atoms with Crippen molar-refractivity contribution in [1.82, 2.24) is 5.32 Å². The Morgan fingerprint density at radius 3 is 2.71 bits per heavy atom. The Hall–Kier alpha value is -2.33. The molecular formula is C20H25N3O. The van der Waals surface area contributed by atoms with E-state index in [0.717, 1.165) is 31.0 Å². The van der Waals surface area contributed by atoms with E-state index in [2.05, 4.69) is 46.4 Å². The third-order valence-corrected chi connectivity index (χ3v) is 4.24. The number of hydrogen-bond donors (Lipinski definition) is 2. The van der Waals surface area contributed by atoms with Gasteiger partial charge in [-0.15, -0.1) is 0 Å². The minimum absolute atomic E-state index is 0.399. The van der Waals surface area contributed by atoms with E-state index in [1.807, 2.05) is 30.3 Å². The molecule has 2 N–H and O–H groups in total. The average Bonchev–Trinajstić information content (AvgIpc) is 3.03. The van der Waals surface area contributed by atoms with Crippen LogP contribution in [0.25, 0.3) is 0 Å². The Kier molecular flexibility index (Phi) is 5.49. The van der Waals surface area contributed by atoms with Crippen LogP contribution in [-0.2, 0) is 12.8 Å². The van der Waals surface area contributed by atoms with Crippen molar-refractivity contribution in [1.29, 1.82) is 0 Å². The van der Waals surface area contributed by atoms with Crippen LogP contribution in [-0.4, -0.2) is 36.8 Å². The zero-order valence-corrected chi connectivity index (χ0v) is 14.2. The topological polar surface area (TPSA) is 47.9 Å². The van der Waals surface area contributed by atoms with Gasteiger partial charge in [0.1, 0.15) is 0 Å². The zero-order chi connectivity index (χ0) is 16.8. The summed E-state index contributed by atoms with van der Waals surface area (Å²) in [6.07, 6.45) is 1.19. The van der Waals surface area contributed by atoms with Crippen LogP contribution in [0, 0.1) is 0 Å². The number of aliphatic hydroxyl groups excluding tert-OH is 1. The van der Waals surface area contributed by atoms with Gasteiger partial charge in [-0.2, -0.15) is 0 Å². The van der Waals surface area contributed by atoms with Crippen molar-refractivity contribution in [2.75, 3.05) is 24.5 Å². The Balaban J connectivity index is 1.68. The summed E-state index contributed by atoms with van der Waals surface area (Å²) < 4.78 is 0. The van der Waals surface area contributed by atoms with E-state index in [1.54, 1.807) is 0 Å². The molecule has 2 aromatic carbocycles. The summed E-state index contributed by atoms with van der Waals surface area (Å²) in [6.45, 7) is 4.21. The first-order chi connectivity index (χ1) is 11.8. The average molecular weight is 323 g/mol. The zero-order valence-electron chi connectivity index (χ0n) is 14.2. The molecule has 0 fully saturated rings. The first-order valence-electron chi connectivity index (χ1n) is 8.63. The Labute approximate surface area is 143 Å². The van der Waals surface area contributed by atoms with E-state index in [0.29, 0.717) is 13.0 Å². The first-order valence-corrected chi connectivity index (χ1v) is 8.63. The van der Waals surface area contributed by atoms with Crippen LogP contribution in [0.1, 0.15) is 18.1 Å². The Morgan fingerprint density at radius 2 is 1.92 bits per heavy atom. The number of aliphatic imine (C=N–C) groups is 1. The highest BCUT2D eigenvalue weighted by atomic mass is 16.3. The fourth-order valence-corrected chi connectivity index (χ4v) is 3.10. The number of anilines is 1. The van der Waals surface area contributed by atoms with Gasteiger partial charge >= 0.3 is 0 Å². The number of aliphatic hydroxyl groups is 1. The van der Waals surface area contributed by atoms with Gasteiger partial charge in [0.05, 0.1) is 12.6 Å². The van der Waals surface area contributed by atoms with E-state index in [-0.39, 0.29) is 0 Å². The SMILES string of the molecule is CCNC(=NCC(O)Cc1ccccc1)N1CCc2ccccc21. The van der Waals surface area contributed by atoms with Gasteiger partial charge in [-0.25, -0.2) is 0 Å². The summed E-state index contributed by atoms with van der Waals surface area (Å²) in [5.41, 5.74) is 3.71. The van der Waals surface area contributed by atoms with Gasteiger partial charge < -0.3 is 15.3 Å². The highest BCUT2D eigenvalue weighted by Crippen LogP contribution is 2.27. The van der Waals surface area contributed by atoms with E-state index in [1.165, 1.54) is 11.3 Å². The lowest BCUT2D eigenvalue weighted by atomic mass is 10.1. The molecule has 1 aliphatic heterocycles. The van der Waals surface area contributed by atoms with E-state index in [9.17, 15) is 5.11 Å². The van der Waals surface area contributed by atoms with Crippen molar-refractivity contribution in [3.05, 3.63) is 65.7 Å². The molecule has 0 saturated carbocycles. The molecule has 1 atom stereocenters. The summed E-state index contributed by atoms with van der Waals surface area (Å²) in [5, 5.41) is 13.7. The van der Waals surface area contributed by atoms with Gasteiger partial charge in [0.2, 0.25) is 0 Å². The van der Waals surface area contributed by atoms with Crippen molar-refractivity contribution >= 4 is 11.6 Å². The molecule has 4 nitrogen and oxygen atoms in total. The normalized spacial score (nSPS) is 15.2. The standard InChI is InChI=1S/C20H25N3O/c1-2-21-20(23-13-12-17-10-6-7-11-19(17)23)22-15-18(24)14-16-8-4-3-5-9-16/h3-11,18,24H,2,12-15H2,1H3,(H,21,22). The van der Waals surface area contributed by atoms with Gasteiger partial charge in [-0.05, 0) is 30.5 Å². The highest BCUT2D eigenvalue weighted by molar-refractivity contribution is 5.97. The molecule has 4 heteroatoms. The largest absolute Gasteiger partial charge is 0.391 e. The molecule has 126 valence electrons. The third kappa shape index (κ3) is 3.95. The molecule has 2 aromatic rings. The molecular weight excluding hydrogens is 298 g/mol. The van der Waals surface area contributed by atoms with Crippen LogP contribution < -0.4 is 10.2 Å². The fourth-order valence-electron chi connectivity index (χ4n) is 3.10. The number of hydrogen-bond acceptors (Lipinski definition) is 2.